The Morgan fingerprint density at radius 1 is 1.29 bits per heavy atom. The lowest BCUT2D eigenvalue weighted by atomic mass is 9.92. The van der Waals surface area contributed by atoms with Crippen LogP contribution in [0.4, 0.5) is 0 Å². The molecule has 0 aromatic rings. The molecule has 1 aliphatic heterocycles. The zero-order chi connectivity index (χ0) is 12.7. The van der Waals surface area contributed by atoms with Gasteiger partial charge in [0, 0.05) is 12.5 Å². The number of carbonyl (C=O) groups is 3. The number of ketones is 2. The van der Waals surface area contributed by atoms with Gasteiger partial charge in [-0.3, -0.25) is 14.4 Å². The predicted molar refractivity (Wildman–Crippen MR) is 61.5 cm³/mol. The van der Waals surface area contributed by atoms with Crippen LogP contribution < -0.4 is 5.32 Å². The van der Waals surface area contributed by atoms with Crippen LogP contribution in [0.2, 0.25) is 0 Å². The first-order chi connectivity index (χ1) is 8.13. The molecule has 5 nitrogen and oxygen atoms in total. The molecule has 1 unspecified atom stereocenters. The summed E-state index contributed by atoms with van der Waals surface area (Å²) in [6, 6.07) is 0. The number of hydrogen-bond acceptors (Lipinski definition) is 5. The fourth-order valence-electron chi connectivity index (χ4n) is 1.90. The van der Waals surface area contributed by atoms with Gasteiger partial charge in [-0.05, 0) is 26.3 Å². The number of carbonyl (C=O) groups excluding carboxylic acids is 3. The largest absolute Gasteiger partial charge is 0.466 e. The minimum atomic E-state index is -0.549. The second-order valence-corrected chi connectivity index (χ2v) is 4.21. The van der Waals surface area contributed by atoms with E-state index in [1.165, 1.54) is 0 Å². The highest BCUT2D eigenvalue weighted by molar-refractivity contribution is 6.06. The van der Waals surface area contributed by atoms with E-state index in [9.17, 15) is 14.4 Å². The van der Waals surface area contributed by atoms with Crippen LogP contribution >= 0.6 is 0 Å². The van der Waals surface area contributed by atoms with Crippen molar-refractivity contribution in [1.29, 1.82) is 0 Å². The first kappa shape index (κ1) is 13.8. The quantitative estimate of drug-likeness (QED) is 0.540. The van der Waals surface area contributed by atoms with E-state index in [1.54, 1.807) is 6.92 Å². The summed E-state index contributed by atoms with van der Waals surface area (Å²) < 4.78 is 4.66. The van der Waals surface area contributed by atoms with Crippen molar-refractivity contribution >= 4 is 17.5 Å². The summed E-state index contributed by atoms with van der Waals surface area (Å²) in [4.78, 5) is 34.2. The van der Waals surface area contributed by atoms with Gasteiger partial charge in [0.2, 0.25) is 0 Å². The molecule has 0 saturated carbocycles. The summed E-state index contributed by atoms with van der Waals surface area (Å²) in [5.74, 6) is -1.03. The molecule has 0 radical (unpaired) electrons. The molecule has 1 heterocycles. The van der Waals surface area contributed by atoms with Crippen LogP contribution in [0.15, 0.2) is 0 Å². The van der Waals surface area contributed by atoms with Crippen LogP contribution in [0, 0.1) is 5.92 Å². The van der Waals surface area contributed by atoms with Crippen LogP contribution in [-0.2, 0) is 19.1 Å². The Labute approximate surface area is 101 Å². The highest BCUT2D eigenvalue weighted by atomic mass is 16.5. The third kappa shape index (κ3) is 5.08. The number of piperidine rings is 1. The van der Waals surface area contributed by atoms with Crippen LogP contribution in [0.5, 0.6) is 0 Å². The van der Waals surface area contributed by atoms with Gasteiger partial charge in [-0.2, -0.15) is 0 Å². The lowest BCUT2D eigenvalue weighted by Crippen LogP contribution is -2.35. The fourth-order valence-corrected chi connectivity index (χ4v) is 1.90. The first-order valence-electron chi connectivity index (χ1n) is 6.04. The molecule has 1 saturated heterocycles. The third-order valence-corrected chi connectivity index (χ3v) is 2.77. The Hall–Kier alpha value is -1.23. The predicted octanol–water partition coefficient (Wildman–Crippen LogP) is 0.468. The third-order valence-electron chi connectivity index (χ3n) is 2.77. The monoisotopic (exact) mass is 241 g/mol. The van der Waals surface area contributed by atoms with E-state index >= 15 is 0 Å². The summed E-state index contributed by atoms with van der Waals surface area (Å²) >= 11 is 0. The van der Waals surface area contributed by atoms with E-state index in [0.717, 1.165) is 19.4 Å². The highest BCUT2D eigenvalue weighted by Crippen LogP contribution is 2.13. The smallest absolute Gasteiger partial charge is 0.313 e. The van der Waals surface area contributed by atoms with Crippen LogP contribution in [-0.4, -0.2) is 37.2 Å². The van der Waals surface area contributed by atoms with Gasteiger partial charge in [0.25, 0.3) is 0 Å². The molecule has 0 aromatic carbocycles. The van der Waals surface area contributed by atoms with Gasteiger partial charge in [-0.15, -0.1) is 0 Å². The highest BCUT2D eigenvalue weighted by Gasteiger charge is 2.23. The van der Waals surface area contributed by atoms with Crippen molar-refractivity contribution < 1.29 is 19.1 Å². The molecule has 1 N–H and O–H groups in total. The van der Waals surface area contributed by atoms with Crippen molar-refractivity contribution in [3.63, 3.8) is 0 Å². The van der Waals surface area contributed by atoms with E-state index in [-0.39, 0.29) is 36.9 Å². The lowest BCUT2D eigenvalue weighted by Gasteiger charge is -2.21. The first-order valence-corrected chi connectivity index (χ1v) is 6.04. The second-order valence-electron chi connectivity index (χ2n) is 4.21. The Morgan fingerprint density at radius 2 is 2.06 bits per heavy atom. The maximum absolute atomic E-state index is 11.7. The Balaban J connectivity index is 2.29. The van der Waals surface area contributed by atoms with Crippen molar-refractivity contribution in [2.75, 3.05) is 19.7 Å². The molecular formula is C12H19NO4. The van der Waals surface area contributed by atoms with E-state index < -0.39 is 5.97 Å². The Morgan fingerprint density at radius 3 is 2.65 bits per heavy atom. The van der Waals surface area contributed by atoms with Gasteiger partial charge in [-0.1, -0.05) is 0 Å². The van der Waals surface area contributed by atoms with E-state index in [1.807, 2.05) is 0 Å². The van der Waals surface area contributed by atoms with Crippen LogP contribution in [0.3, 0.4) is 0 Å². The van der Waals surface area contributed by atoms with E-state index in [4.69, 9.17) is 0 Å². The second kappa shape index (κ2) is 7.17. The molecule has 1 aliphatic rings. The summed E-state index contributed by atoms with van der Waals surface area (Å²) in [5, 5.41) is 3.13. The summed E-state index contributed by atoms with van der Waals surface area (Å²) in [6.45, 7) is 3.51. The van der Waals surface area contributed by atoms with Crippen molar-refractivity contribution in [2.45, 2.75) is 32.6 Å². The Bertz CT molecular complexity index is 295. The molecule has 1 fully saturated rings. The average Bonchev–Trinajstić information content (AvgIpc) is 2.30. The van der Waals surface area contributed by atoms with Crippen molar-refractivity contribution in [3.8, 4) is 0 Å². The number of nitrogens with one attached hydrogen (secondary N) is 1. The number of Topliss-reactive ketones (excluding diaryl/α,β-unsaturated/α-hetero) is 2. The van der Waals surface area contributed by atoms with Crippen molar-refractivity contribution in [1.82, 2.24) is 5.32 Å². The lowest BCUT2D eigenvalue weighted by molar-refractivity contribution is -0.145. The molecule has 0 aliphatic carbocycles. The average molecular weight is 241 g/mol. The van der Waals surface area contributed by atoms with Gasteiger partial charge in [0.15, 0.2) is 5.78 Å². The van der Waals surface area contributed by atoms with E-state index in [0.29, 0.717) is 6.54 Å². The minimum absolute atomic E-state index is 0.0634. The standard InChI is InChI=1S/C12H19NO4/c1-2-17-12(16)7-10(14)6-11(15)9-4-3-5-13-8-9/h9,13H,2-8H2,1H3. The Kier molecular flexibility index (Phi) is 5.83. The molecule has 0 aromatic heterocycles. The van der Waals surface area contributed by atoms with Crippen LogP contribution in [0.25, 0.3) is 0 Å². The number of esters is 1. The summed E-state index contributed by atoms with van der Waals surface area (Å²) in [7, 11) is 0. The molecular weight excluding hydrogens is 222 g/mol. The normalized spacial score (nSPS) is 19.7. The molecule has 0 spiro atoms. The van der Waals surface area contributed by atoms with Gasteiger partial charge in [0.05, 0.1) is 13.0 Å². The SMILES string of the molecule is CCOC(=O)CC(=O)CC(=O)C1CCCNC1. The number of ether oxygens (including phenoxy) is 1. The van der Waals surface area contributed by atoms with Gasteiger partial charge in [-0.25, -0.2) is 0 Å². The molecule has 0 amide bonds. The zero-order valence-corrected chi connectivity index (χ0v) is 10.2. The molecule has 1 rings (SSSR count). The van der Waals surface area contributed by atoms with Gasteiger partial charge < -0.3 is 10.1 Å². The number of rotatable bonds is 6. The zero-order valence-electron chi connectivity index (χ0n) is 10.2. The van der Waals surface area contributed by atoms with Gasteiger partial charge >= 0.3 is 5.97 Å². The minimum Gasteiger partial charge on any atom is -0.466 e. The summed E-state index contributed by atoms with van der Waals surface area (Å²) in [5.41, 5.74) is 0. The topological polar surface area (TPSA) is 72.5 Å². The van der Waals surface area contributed by atoms with Crippen molar-refractivity contribution in [3.05, 3.63) is 0 Å². The van der Waals surface area contributed by atoms with E-state index in [2.05, 4.69) is 10.1 Å². The molecule has 17 heavy (non-hydrogen) atoms. The fraction of sp³-hybridized carbons (Fsp3) is 0.750. The van der Waals surface area contributed by atoms with Crippen LogP contribution in [0.1, 0.15) is 32.6 Å². The van der Waals surface area contributed by atoms with Gasteiger partial charge in [0.1, 0.15) is 12.2 Å². The maximum atomic E-state index is 11.7. The molecule has 1 atom stereocenters. The maximum Gasteiger partial charge on any atom is 0.313 e. The summed E-state index contributed by atoms with van der Waals surface area (Å²) in [6.07, 6.45) is 1.35. The molecule has 96 valence electrons. The molecule has 5 heteroatoms. The molecule has 0 bridgehead atoms. The van der Waals surface area contributed by atoms with Crippen molar-refractivity contribution in [2.24, 2.45) is 5.92 Å². The number of hydrogen-bond donors (Lipinski definition) is 1.